The molecule has 6 heteroatoms. The molecule has 0 saturated heterocycles. The van der Waals surface area contributed by atoms with Crippen LogP contribution in [-0.2, 0) is 11.2 Å². The van der Waals surface area contributed by atoms with Gasteiger partial charge < -0.3 is 10.0 Å². The molecule has 26 heavy (non-hydrogen) atoms. The van der Waals surface area contributed by atoms with Crippen LogP contribution in [0.2, 0.25) is 5.02 Å². The number of hydrogen-bond donors (Lipinski definition) is 1. The van der Waals surface area contributed by atoms with Crippen LogP contribution in [0.4, 0.5) is 0 Å². The van der Waals surface area contributed by atoms with Gasteiger partial charge in [-0.1, -0.05) is 36.4 Å². The van der Waals surface area contributed by atoms with Crippen LogP contribution in [0, 0.1) is 0 Å². The van der Waals surface area contributed by atoms with E-state index in [0.29, 0.717) is 27.3 Å². The summed E-state index contributed by atoms with van der Waals surface area (Å²) in [4.78, 5) is 37.1. The first-order valence-corrected chi connectivity index (χ1v) is 8.15. The summed E-state index contributed by atoms with van der Waals surface area (Å²) >= 11 is 6.00. The average molecular weight is 372 g/mol. The van der Waals surface area contributed by atoms with Gasteiger partial charge in [0.1, 0.15) is 0 Å². The predicted molar refractivity (Wildman–Crippen MR) is 101 cm³/mol. The van der Waals surface area contributed by atoms with Gasteiger partial charge in [0.25, 0.3) is 5.91 Å². The van der Waals surface area contributed by atoms with Gasteiger partial charge in [-0.2, -0.15) is 0 Å². The molecule has 5 nitrogen and oxygen atoms in total. The van der Waals surface area contributed by atoms with Crippen molar-refractivity contribution in [1.82, 2.24) is 4.90 Å². The van der Waals surface area contributed by atoms with Crippen molar-refractivity contribution in [2.45, 2.75) is 6.42 Å². The van der Waals surface area contributed by atoms with Crippen molar-refractivity contribution >= 4 is 29.3 Å². The maximum Gasteiger partial charge on any atom is 0.307 e. The number of allylic oxidation sites excluding steroid dienone is 1. The first-order valence-electron chi connectivity index (χ1n) is 7.77. The van der Waals surface area contributed by atoms with E-state index in [1.165, 1.54) is 11.0 Å². The fraction of sp³-hybridized carbons (Fsp3) is 0.150. The smallest absolute Gasteiger partial charge is 0.307 e. The summed E-state index contributed by atoms with van der Waals surface area (Å²) in [5.41, 5.74) is 2.26. The average Bonchev–Trinajstić information content (AvgIpc) is 2.60. The van der Waals surface area contributed by atoms with Crippen molar-refractivity contribution in [3.05, 3.63) is 70.8 Å². The highest BCUT2D eigenvalue weighted by Crippen LogP contribution is 2.29. The molecule has 0 bridgehead atoms. The number of benzene rings is 2. The Kier molecular flexibility index (Phi) is 5.95. The summed E-state index contributed by atoms with van der Waals surface area (Å²) in [5, 5.41) is 9.49. The Morgan fingerprint density at radius 2 is 1.81 bits per heavy atom. The lowest BCUT2D eigenvalue weighted by atomic mass is 9.93. The standard InChI is InChI=1S/C20H18ClNO4/c1-4-18(23)17-11-14(21)7-8-15(17)12-5-6-13(10-19(24)25)16(9-12)20(26)22(2)3/h4-9,11H,1,10H2,2-3H3,(H,24,25). The summed E-state index contributed by atoms with van der Waals surface area (Å²) in [7, 11) is 3.18. The van der Waals surface area contributed by atoms with E-state index >= 15 is 0 Å². The van der Waals surface area contributed by atoms with Gasteiger partial charge in [-0.15, -0.1) is 0 Å². The first-order chi connectivity index (χ1) is 12.2. The summed E-state index contributed by atoms with van der Waals surface area (Å²) in [6.07, 6.45) is 0.925. The minimum Gasteiger partial charge on any atom is -0.481 e. The zero-order valence-corrected chi connectivity index (χ0v) is 15.2. The van der Waals surface area contributed by atoms with Gasteiger partial charge in [-0.05, 0) is 41.0 Å². The van der Waals surface area contributed by atoms with E-state index < -0.39 is 5.97 Å². The number of carboxylic acid groups (broad SMARTS) is 1. The van der Waals surface area contributed by atoms with Gasteiger partial charge in [0.15, 0.2) is 5.78 Å². The fourth-order valence-corrected chi connectivity index (χ4v) is 2.76. The molecule has 0 aliphatic carbocycles. The third kappa shape index (κ3) is 4.18. The maximum absolute atomic E-state index is 12.5. The highest BCUT2D eigenvalue weighted by Gasteiger charge is 2.18. The Balaban J connectivity index is 2.67. The van der Waals surface area contributed by atoms with Crippen molar-refractivity contribution in [3.63, 3.8) is 0 Å². The zero-order valence-electron chi connectivity index (χ0n) is 14.5. The number of amides is 1. The molecule has 0 radical (unpaired) electrons. The molecule has 0 spiro atoms. The van der Waals surface area contributed by atoms with E-state index in [4.69, 9.17) is 16.7 Å². The van der Waals surface area contributed by atoms with Crippen LogP contribution in [0.3, 0.4) is 0 Å². The highest BCUT2D eigenvalue weighted by molar-refractivity contribution is 6.31. The Hall–Kier alpha value is -2.92. The topological polar surface area (TPSA) is 74.7 Å². The van der Waals surface area contributed by atoms with Crippen LogP contribution >= 0.6 is 11.6 Å². The lowest BCUT2D eigenvalue weighted by Gasteiger charge is -2.16. The molecule has 2 aromatic rings. The van der Waals surface area contributed by atoms with Crippen LogP contribution in [0.5, 0.6) is 0 Å². The number of rotatable bonds is 6. The first kappa shape index (κ1) is 19.4. The van der Waals surface area contributed by atoms with E-state index in [2.05, 4.69) is 6.58 Å². The summed E-state index contributed by atoms with van der Waals surface area (Å²) < 4.78 is 0. The number of carbonyl (C=O) groups excluding carboxylic acids is 2. The second-order valence-electron chi connectivity index (χ2n) is 5.90. The minimum atomic E-state index is -1.03. The van der Waals surface area contributed by atoms with Gasteiger partial charge >= 0.3 is 5.97 Å². The summed E-state index contributed by atoms with van der Waals surface area (Å²) in [5.74, 6) is -1.63. The van der Waals surface area contributed by atoms with Crippen molar-refractivity contribution < 1.29 is 19.5 Å². The molecular weight excluding hydrogens is 354 g/mol. The Morgan fingerprint density at radius 1 is 1.12 bits per heavy atom. The second kappa shape index (κ2) is 7.97. The van der Waals surface area contributed by atoms with Crippen LogP contribution in [-0.4, -0.2) is 41.8 Å². The lowest BCUT2D eigenvalue weighted by Crippen LogP contribution is -2.23. The molecule has 0 atom stereocenters. The molecule has 0 aliphatic rings. The molecule has 0 heterocycles. The molecule has 2 rings (SSSR count). The van der Waals surface area contributed by atoms with E-state index in [0.717, 1.165) is 0 Å². The second-order valence-corrected chi connectivity index (χ2v) is 6.34. The molecule has 1 N–H and O–H groups in total. The Labute approximate surface area is 156 Å². The summed E-state index contributed by atoms with van der Waals surface area (Å²) in [6, 6.07) is 9.76. The van der Waals surface area contributed by atoms with Crippen LogP contribution in [0.1, 0.15) is 26.3 Å². The monoisotopic (exact) mass is 371 g/mol. The number of carbonyl (C=O) groups is 3. The SMILES string of the molecule is C=CC(=O)c1cc(Cl)ccc1-c1ccc(CC(=O)O)c(C(=O)N(C)C)c1. The molecule has 0 saturated carbocycles. The van der Waals surface area contributed by atoms with Gasteiger partial charge in [0.05, 0.1) is 6.42 Å². The third-order valence-corrected chi connectivity index (χ3v) is 4.07. The van der Waals surface area contributed by atoms with E-state index in [9.17, 15) is 14.4 Å². The molecule has 0 aliphatic heterocycles. The highest BCUT2D eigenvalue weighted by atomic mass is 35.5. The maximum atomic E-state index is 12.5. The fourth-order valence-electron chi connectivity index (χ4n) is 2.58. The Morgan fingerprint density at radius 3 is 2.38 bits per heavy atom. The number of halogens is 1. The summed E-state index contributed by atoms with van der Waals surface area (Å²) in [6.45, 7) is 3.50. The lowest BCUT2D eigenvalue weighted by molar-refractivity contribution is -0.136. The van der Waals surface area contributed by atoms with Gasteiger partial charge in [-0.3, -0.25) is 14.4 Å². The largest absolute Gasteiger partial charge is 0.481 e. The van der Waals surface area contributed by atoms with E-state index in [1.54, 1.807) is 50.5 Å². The molecule has 0 fully saturated rings. The van der Waals surface area contributed by atoms with Gasteiger partial charge in [0, 0.05) is 30.2 Å². The van der Waals surface area contributed by atoms with Crippen molar-refractivity contribution in [2.24, 2.45) is 0 Å². The van der Waals surface area contributed by atoms with Gasteiger partial charge in [-0.25, -0.2) is 0 Å². The number of hydrogen-bond acceptors (Lipinski definition) is 3. The van der Waals surface area contributed by atoms with Crippen molar-refractivity contribution in [3.8, 4) is 11.1 Å². The van der Waals surface area contributed by atoms with Crippen molar-refractivity contribution in [1.29, 1.82) is 0 Å². The van der Waals surface area contributed by atoms with E-state index in [-0.39, 0.29) is 23.7 Å². The normalized spacial score (nSPS) is 10.3. The number of ketones is 1. The van der Waals surface area contributed by atoms with Crippen LogP contribution < -0.4 is 0 Å². The molecule has 0 unspecified atom stereocenters. The van der Waals surface area contributed by atoms with Crippen molar-refractivity contribution in [2.75, 3.05) is 14.1 Å². The molecule has 0 aromatic heterocycles. The number of aliphatic carboxylic acids is 1. The minimum absolute atomic E-state index is 0.270. The van der Waals surface area contributed by atoms with Gasteiger partial charge in [0.2, 0.25) is 0 Å². The van der Waals surface area contributed by atoms with Crippen LogP contribution in [0.25, 0.3) is 11.1 Å². The molecule has 134 valence electrons. The molecule has 2 aromatic carbocycles. The molecule has 1 amide bonds. The van der Waals surface area contributed by atoms with Crippen LogP contribution in [0.15, 0.2) is 49.1 Å². The predicted octanol–water partition coefficient (Wildman–Crippen LogP) is 3.70. The molecular formula is C20H18ClNO4. The number of carboxylic acids is 1. The number of nitrogens with zero attached hydrogens (tertiary/aromatic N) is 1. The Bertz CT molecular complexity index is 903. The zero-order chi connectivity index (χ0) is 19.4. The quantitative estimate of drug-likeness (QED) is 0.620. The third-order valence-electron chi connectivity index (χ3n) is 3.83. The van der Waals surface area contributed by atoms with E-state index in [1.807, 2.05) is 0 Å².